The maximum Gasteiger partial charge on any atom is 0.320 e. The zero-order valence-electron chi connectivity index (χ0n) is 14.6. The molecule has 0 aromatic carbocycles. The second-order valence-corrected chi connectivity index (χ2v) is 10.1. The number of carbonyl (C=O) groups excluding carboxylic acids is 1. The van der Waals surface area contributed by atoms with Crippen LogP contribution >= 0.6 is 11.3 Å². The molecule has 0 saturated heterocycles. The Balaban J connectivity index is 1.75. The molecule has 0 spiro atoms. The zero-order chi connectivity index (χ0) is 18.4. The monoisotopic (exact) mass is 382 g/mol. The van der Waals surface area contributed by atoms with Crippen LogP contribution in [0.15, 0.2) is 21.7 Å². The van der Waals surface area contributed by atoms with Crippen molar-refractivity contribution in [2.24, 2.45) is 0 Å². The summed E-state index contributed by atoms with van der Waals surface area (Å²) in [7, 11) is -3.29. The Morgan fingerprint density at radius 2 is 2.16 bits per heavy atom. The molecule has 3 rings (SSSR count). The van der Waals surface area contributed by atoms with Gasteiger partial charge in [-0.05, 0) is 45.6 Å². The predicted molar refractivity (Wildman–Crippen MR) is 97.8 cm³/mol. The molecule has 2 aromatic rings. The third-order valence-electron chi connectivity index (χ3n) is 4.35. The lowest BCUT2D eigenvalue weighted by Gasteiger charge is -2.27. The van der Waals surface area contributed by atoms with E-state index >= 15 is 0 Å². The van der Waals surface area contributed by atoms with E-state index in [1.54, 1.807) is 18.4 Å². The van der Waals surface area contributed by atoms with Crippen LogP contribution in [0.25, 0.3) is 0 Å². The minimum atomic E-state index is -3.29. The van der Waals surface area contributed by atoms with E-state index in [0.717, 1.165) is 5.69 Å². The lowest BCUT2D eigenvalue weighted by molar-refractivity contribution is 0.247. The van der Waals surface area contributed by atoms with Crippen LogP contribution in [0.2, 0.25) is 0 Å². The van der Waals surface area contributed by atoms with E-state index in [0.29, 0.717) is 22.0 Å². The number of nitrogens with one attached hydrogen (secondary N) is 2. The molecule has 0 bridgehead atoms. The summed E-state index contributed by atoms with van der Waals surface area (Å²) in [5.74, 6) is 0.478. The van der Waals surface area contributed by atoms with Crippen molar-refractivity contribution in [2.75, 3.05) is 5.32 Å². The van der Waals surface area contributed by atoms with Gasteiger partial charge in [-0.2, -0.15) is 5.10 Å². The molecule has 136 valence electrons. The zero-order valence-corrected chi connectivity index (χ0v) is 16.2. The van der Waals surface area contributed by atoms with Crippen molar-refractivity contribution < 1.29 is 13.2 Å². The number of hydrogen-bond donors (Lipinski definition) is 2. The standard InChI is InChI=1S/C16H22N4O3S2/c1-9(2)20-10(3)7-14(19-20)18-16(21)17-13-8-11(4)25(22,23)15-12(13)5-6-24-15/h5-7,9,11,13H,8H2,1-4H3,(H2,17,18,19,21)/t11-,13-/m0/s1. The first kappa shape index (κ1) is 17.9. The molecule has 3 heterocycles. The molecule has 0 radical (unpaired) electrons. The molecular formula is C16H22N4O3S2. The maximum absolute atomic E-state index is 12.4. The van der Waals surface area contributed by atoms with Crippen LogP contribution in [0.3, 0.4) is 0 Å². The number of hydrogen-bond acceptors (Lipinski definition) is 5. The van der Waals surface area contributed by atoms with Crippen molar-refractivity contribution in [2.45, 2.75) is 55.7 Å². The Bertz CT molecular complexity index is 898. The normalized spacial score (nSPS) is 21.8. The molecule has 0 saturated carbocycles. The minimum Gasteiger partial charge on any atom is -0.331 e. The van der Waals surface area contributed by atoms with Crippen LogP contribution in [0.4, 0.5) is 10.6 Å². The van der Waals surface area contributed by atoms with E-state index in [1.807, 2.05) is 31.5 Å². The van der Waals surface area contributed by atoms with Gasteiger partial charge in [0.1, 0.15) is 4.21 Å². The number of aryl methyl sites for hydroxylation is 1. The highest BCUT2D eigenvalue weighted by atomic mass is 32.2. The average Bonchev–Trinajstić information content (AvgIpc) is 3.12. The number of anilines is 1. The SMILES string of the molecule is Cc1cc(NC(=O)N[C@H]2C[C@H](C)S(=O)(=O)c3sccc32)nn1C(C)C. The maximum atomic E-state index is 12.4. The quantitative estimate of drug-likeness (QED) is 0.852. The van der Waals surface area contributed by atoms with Crippen LogP contribution in [0.1, 0.15) is 50.5 Å². The van der Waals surface area contributed by atoms with Crippen LogP contribution in [0, 0.1) is 6.92 Å². The van der Waals surface area contributed by atoms with Gasteiger partial charge in [-0.15, -0.1) is 11.3 Å². The molecule has 9 heteroatoms. The summed E-state index contributed by atoms with van der Waals surface area (Å²) in [6, 6.07) is 3.07. The van der Waals surface area contributed by atoms with E-state index < -0.39 is 15.1 Å². The fourth-order valence-electron chi connectivity index (χ4n) is 3.08. The highest BCUT2D eigenvalue weighted by molar-refractivity contribution is 7.94. The second-order valence-electron chi connectivity index (χ2n) is 6.62. The van der Waals surface area contributed by atoms with Crippen LogP contribution < -0.4 is 10.6 Å². The van der Waals surface area contributed by atoms with Gasteiger partial charge in [-0.25, -0.2) is 13.2 Å². The predicted octanol–water partition coefficient (Wildman–Crippen LogP) is 3.26. The van der Waals surface area contributed by atoms with Gasteiger partial charge in [-0.1, -0.05) is 0 Å². The fraction of sp³-hybridized carbons (Fsp3) is 0.500. The Hall–Kier alpha value is -1.87. The lowest BCUT2D eigenvalue weighted by Crippen LogP contribution is -2.38. The number of rotatable bonds is 3. The number of carbonyl (C=O) groups is 1. The molecule has 2 N–H and O–H groups in total. The molecule has 2 amide bonds. The summed E-state index contributed by atoms with van der Waals surface area (Å²) in [6.07, 6.45) is 0.360. The van der Waals surface area contributed by atoms with Crippen molar-refractivity contribution >= 4 is 33.0 Å². The summed E-state index contributed by atoms with van der Waals surface area (Å²) < 4.78 is 26.9. The van der Waals surface area contributed by atoms with E-state index in [4.69, 9.17) is 0 Å². The summed E-state index contributed by atoms with van der Waals surface area (Å²) >= 11 is 1.20. The van der Waals surface area contributed by atoms with Gasteiger partial charge in [0.15, 0.2) is 15.7 Å². The number of thiophene rings is 1. The molecule has 7 nitrogen and oxygen atoms in total. The molecule has 0 aliphatic carbocycles. The van der Waals surface area contributed by atoms with E-state index in [-0.39, 0.29) is 18.1 Å². The van der Waals surface area contributed by atoms with Crippen molar-refractivity contribution in [3.8, 4) is 0 Å². The molecule has 0 unspecified atom stereocenters. The van der Waals surface area contributed by atoms with Gasteiger partial charge >= 0.3 is 6.03 Å². The lowest BCUT2D eigenvalue weighted by atomic mass is 10.1. The molecule has 1 aliphatic heterocycles. The largest absolute Gasteiger partial charge is 0.331 e. The summed E-state index contributed by atoms with van der Waals surface area (Å²) in [4.78, 5) is 12.4. The van der Waals surface area contributed by atoms with Crippen LogP contribution in [-0.4, -0.2) is 29.5 Å². The summed E-state index contributed by atoms with van der Waals surface area (Å²) in [5.41, 5.74) is 1.63. The highest BCUT2D eigenvalue weighted by Crippen LogP contribution is 2.39. The van der Waals surface area contributed by atoms with Gasteiger partial charge in [0, 0.05) is 23.4 Å². The Labute approximate surface area is 151 Å². The van der Waals surface area contributed by atoms with Crippen molar-refractivity contribution in [1.29, 1.82) is 0 Å². The number of sulfone groups is 1. The van der Waals surface area contributed by atoms with Crippen LogP contribution in [-0.2, 0) is 9.84 Å². The molecule has 25 heavy (non-hydrogen) atoms. The van der Waals surface area contributed by atoms with Gasteiger partial charge < -0.3 is 5.32 Å². The Kier molecular flexibility index (Phi) is 4.63. The first-order valence-corrected chi connectivity index (χ1v) is 10.6. The van der Waals surface area contributed by atoms with E-state index in [9.17, 15) is 13.2 Å². The number of fused-ring (bicyclic) bond motifs is 1. The van der Waals surface area contributed by atoms with Gasteiger partial charge in [0.25, 0.3) is 0 Å². The molecule has 2 atom stereocenters. The Morgan fingerprint density at radius 3 is 2.80 bits per heavy atom. The minimum absolute atomic E-state index is 0.205. The smallest absolute Gasteiger partial charge is 0.320 e. The summed E-state index contributed by atoms with van der Waals surface area (Å²) in [5, 5.41) is 11.2. The van der Waals surface area contributed by atoms with Crippen molar-refractivity contribution in [3.63, 3.8) is 0 Å². The van der Waals surface area contributed by atoms with Crippen LogP contribution in [0.5, 0.6) is 0 Å². The third kappa shape index (κ3) is 3.30. The summed E-state index contributed by atoms with van der Waals surface area (Å²) in [6.45, 7) is 7.65. The third-order valence-corrected chi connectivity index (χ3v) is 8.06. The topological polar surface area (TPSA) is 93.1 Å². The second kappa shape index (κ2) is 6.45. The first-order valence-electron chi connectivity index (χ1n) is 8.15. The van der Waals surface area contributed by atoms with Crippen molar-refractivity contribution in [3.05, 3.63) is 28.8 Å². The van der Waals surface area contributed by atoms with E-state index in [1.165, 1.54) is 11.3 Å². The number of amides is 2. The average molecular weight is 383 g/mol. The molecule has 0 fully saturated rings. The first-order chi connectivity index (χ1) is 11.7. The van der Waals surface area contributed by atoms with Gasteiger partial charge in [-0.3, -0.25) is 10.00 Å². The number of nitrogens with zero attached hydrogens (tertiary/aromatic N) is 2. The fourth-order valence-corrected chi connectivity index (χ4v) is 6.31. The highest BCUT2D eigenvalue weighted by Gasteiger charge is 2.38. The Morgan fingerprint density at radius 1 is 1.44 bits per heavy atom. The van der Waals surface area contributed by atoms with Gasteiger partial charge in [0.2, 0.25) is 0 Å². The van der Waals surface area contributed by atoms with Crippen molar-refractivity contribution in [1.82, 2.24) is 15.1 Å². The van der Waals surface area contributed by atoms with E-state index in [2.05, 4.69) is 15.7 Å². The number of aromatic nitrogens is 2. The van der Waals surface area contributed by atoms with Gasteiger partial charge in [0.05, 0.1) is 11.3 Å². The molecule has 2 aromatic heterocycles. The molecule has 1 aliphatic rings. The number of urea groups is 1. The molecular weight excluding hydrogens is 360 g/mol.